The number of benzene rings is 1. The van der Waals surface area contributed by atoms with E-state index in [0.717, 1.165) is 26.0 Å². The van der Waals surface area contributed by atoms with Crippen LogP contribution < -0.4 is 5.32 Å². The molecule has 1 unspecified atom stereocenters. The van der Waals surface area contributed by atoms with Crippen molar-refractivity contribution in [3.05, 3.63) is 35.4 Å². The highest BCUT2D eigenvalue weighted by Gasteiger charge is 2.42. The van der Waals surface area contributed by atoms with Crippen LogP contribution in [0.15, 0.2) is 24.3 Å². The van der Waals surface area contributed by atoms with E-state index in [2.05, 4.69) is 36.5 Å². The molecule has 1 saturated carbocycles. The Morgan fingerprint density at radius 1 is 1.26 bits per heavy atom. The minimum Gasteiger partial charge on any atom is -0.375 e. The van der Waals surface area contributed by atoms with Crippen molar-refractivity contribution in [2.75, 3.05) is 6.61 Å². The Balaban J connectivity index is 1.57. The molecule has 19 heavy (non-hydrogen) atoms. The molecule has 3 rings (SSSR count). The van der Waals surface area contributed by atoms with Crippen molar-refractivity contribution in [2.24, 2.45) is 0 Å². The summed E-state index contributed by atoms with van der Waals surface area (Å²) in [6.45, 7) is 4.18. The lowest BCUT2D eigenvalue weighted by Crippen LogP contribution is -2.50. The molecule has 0 aromatic heterocycles. The Hall–Kier alpha value is -0.860. The minimum atomic E-state index is 0.250. The summed E-state index contributed by atoms with van der Waals surface area (Å²) in [7, 11) is 0. The molecule has 0 amide bonds. The Bertz CT molecular complexity index is 425. The van der Waals surface area contributed by atoms with Crippen LogP contribution in [0.2, 0.25) is 0 Å². The van der Waals surface area contributed by atoms with Crippen molar-refractivity contribution in [3.63, 3.8) is 0 Å². The van der Waals surface area contributed by atoms with Crippen LogP contribution in [-0.2, 0) is 17.7 Å². The van der Waals surface area contributed by atoms with Gasteiger partial charge < -0.3 is 10.1 Å². The number of aryl methyl sites for hydroxylation is 1. The fourth-order valence-electron chi connectivity index (χ4n) is 3.45. The number of hydrogen-bond donors (Lipinski definition) is 1. The zero-order chi connectivity index (χ0) is 13.1. The molecule has 2 fully saturated rings. The largest absolute Gasteiger partial charge is 0.375 e. The van der Waals surface area contributed by atoms with E-state index in [4.69, 9.17) is 4.74 Å². The predicted octanol–water partition coefficient (Wildman–Crippen LogP) is 3.44. The maximum atomic E-state index is 5.99. The number of nitrogens with one attached hydrogen (secondary N) is 1. The summed E-state index contributed by atoms with van der Waals surface area (Å²) in [5.74, 6) is 0. The van der Waals surface area contributed by atoms with Gasteiger partial charge in [-0.2, -0.15) is 0 Å². The number of ether oxygens (including phenoxy) is 1. The van der Waals surface area contributed by atoms with E-state index in [9.17, 15) is 0 Å². The molecule has 2 heteroatoms. The maximum absolute atomic E-state index is 5.99. The van der Waals surface area contributed by atoms with Crippen molar-refractivity contribution < 1.29 is 4.74 Å². The molecule has 1 spiro atoms. The smallest absolute Gasteiger partial charge is 0.0697 e. The van der Waals surface area contributed by atoms with E-state index in [1.165, 1.54) is 36.8 Å². The molecule has 2 aliphatic rings. The van der Waals surface area contributed by atoms with Crippen molar-refractivity contribution in [1.29, 1.82) is 0 Å². The third-order valence-electron chi connectivity index (χ3n) is 4.84. The summed E-state index contributed by atoms with van der Waals surface area (Å²) in [4.78, 5) is 0. The molecule has 1 aromatic carbocycles. The molecular weight excluding hydrogens is 234 g/mol. The average Bonchev–Trinajstić information content (AvgIpc) is 2.44. The molecule has 2 nitrogen and oxygen atoms in total. The molecule has 1 N–H and O–H groups in total. The van der Waals surface area contributed by atoms with Gasteiger partial charge in [0.1, 0.15) is 0 Å². The molecule has 1 heterocycles. The fraction of sp³-hybridized carbons (Fsp3) is 0.647. The second-order valence-corrected chi connectivity index (χ2v) is 6.08. The average molecular weight is 259 g/mol. The van der Waals surface area contributed by atoms with E-state index in [0.29, 0.717) is 6.04 Å². The topological polar surface area (TPSA) is 21.3 Å². The monoisotopic (exact) mass is 259 g/mol. The van der Waals surface area contributed by atoms with E-state index in [1.54, 1.807) is 0 Å². The van der Waals surface area contributed by atoms with Gasteiger partial charge in [0, 0.05) is 19.2 Å². The Kier molecular flexibility index (Phi) is 3.90. The second-order valence-electron chi connectivity index (χ2n) is 6.08. The standard InChI is InChI=1S/C17H25NO/c1-2-14-6-3-4-7-15(14)13-18-16-8-11-19-17(12-16)9-5-10-17/h3-4,6-7,16,18H,2,5,8-13H2,1H3. The zero-order valence-electron chi connectivity index (χ0n) is 12.0. The van der Waals surface area contributed by atoms with Crippen LogP contribution in [0.1, 0.15) is 50.2 Å². The van der Waals surface area contributed by atoms with Gasteiger partial charge in [0.05, 0.1) is 5.60 Å². The van der Waals surface area contributed by atoms with Gasteiger partial charge in [-0.3, -0.25) is 0 Å². The van der Waals surface area contributed by atoms with Gasteiger partial charge in [-0.25, -0.2) is 0 Å². The molecule has 1 atom stereocenters. The van der Waals surface area contributed by atoms with Crippen LogP contribution in [-0.4, -0.2) is 18.2 Å². The lowest BCUT2D eigenvalue weighted by molar-refractivity contribution is -0.135. The van der Waals surface area contributed by atoms with Gasteiger partial charge in [0.2, 0.25) is 0 Å². The lowest BCUT2D eigenvalue weighted by atomic mass is 9.74. The van der Waals surface area contributed by atoms with Crippen molar-refractivity contribution in [2.45, 2.75) is 63.6 Å². The van der Waals surface area contributed by atoms with Crippen LogP contribution in [0.5, 0.6) is 0 Å². The highest BCUT2D eigenvalue weighted by Crippen LogP contribution is 2.42. The van der Waals surface area contributed by atoms with E-state index < -0.39 is 0 Å². The number of hydrogen-bond acceptors (Lipinski definition) is 2. The summed E-state index contributed by atoms with van der Waals surface area (Å²) in [6, 6.07) is 9.42. The highest BCUT2D eigenvalue weighted by atomic mass is 16.5. The van der Waals surface area contributed by atoms with Crippen molar-refractivity contribution in [1.82, 2.24) is 5.32 Å². The van der Waals surface area contributed by atoms with Gasteiger partial charge in [-0.1, -0.05) is 31.2 Å². The summed E-state index contributed by atoms with van der Waals surface area (Å²) >= 11 is 0. The van der Waals surface area contributed by atoms with Gasteiger partial charge in [0.15, 0.2) is 0 Å². The van der Waals surface area contributed by atoms with Crippen LogP contribution in [0.25, 0.3) is 0 Å². The molecule has 1 aliphatic heterocycles. The Labute approximate surface area is 116 Å². The molecule has 1 aromatic rings. The normalized spacial score (nSPS) is 25.2. The van der Waals surface area contributed by atoms with E-state index in [-0.39, 0.29) is 5.60 Å². The molecule has 0 radical (unpaired) electrons. The third kappa shape index (κ3) is 2.85. The van der Waals surface area contributed by atoms with Crippen molar-refractivity contribution >= 4 is 0 Å². The van der Waals surface area contributed by atoms with Crippen LogP contribution in [0, 0.1) is 0 Å². The first kappa shape index (κ1) is 13.1. The molecule has 104 valence electrons. The molecular formula is C17H25NO. The quantitative estimate of drug-likeness (QED) is 0.894. The Morgan fingerprint density at radius 3 is 2.74 bits per heavy atom. The predicted molar refractivity (Wildman–Crippen MR) is 78.2 cm³/mol. The van der Waals surface area contributed by atoms with Gasteiger partial charge in [-0.15, -0.1) is 0 Å². The van der Waals surface area contributed by atoms with Gasteiger partial charge in [-0.05, 0) is 49.7 Å². The first-order valence-electron chi connectivity index (χ1n) is 7.75. The summed E-state index contributed by atoms with van der Waals surface area (Å²) in [6.07, 6.45) is 7.39. The van der Waals surface area contributed by atoms with Crippen LogP contribution in [0.4, 0.5) is 0 Å². The van der Waals surface area contributed by atoms with Crippen molar-refractivity contribution in [3.8, 4) is 0 Å². The SMILES string of the molecule is CCc1ccccc1CNC1CCOC2(CCC2)C1. The second kappa shape index (κ2) is 5.64. The number of rotatable bonds is 4. The highest BCUT2D eigenvalue weighted by molar-refractivity contribution is 5.26. The summed E-state index contributed by atoms with van der Waals surface area (Å²) in [5.41, 5.74) is 3.18. The fourth-order valence-corrected chi connectivity index (χ4v) is 3.45. The first-order valence-corrected chi connectivity index (χ1v) is 7.75. The first-order chi connectivity index (χ1) is 9.31. The zero-order valence-corrected chi connectivity index (χ0v) is 12.0. The maximum Gasteiger partial charge on any atom is 0.0697 e. The van der Waals surface area contributed by atoms with E-state index in [1.807, 2.05) is 0 Å². The lowest BCUT2D eigenvalue weighted by Gasteiger charge is -2.47. The van der Waals surface area contributed by atoms with E-state index >= 15 is 0 Å². The molecule has 1 aliphatic carbocycles. The summed E-state index contributed by atoms with van der Waals surface area (Å²) < 4.78 is 5.99. The minimum absolute atomic E-state index is 0.250. The molecule has 0 bridgehead atoms. The third-order valence-corrected chi connectivity index (χ3v) is 4.84. The molecule has 1 saturated heterocycles. The van der Waals surface area contributed by atoms with Crippen LogP contribution >= 0.6 is 0 Å². The Morgan fingerprint density at radius 2 is 2.05 bits per heavy atom. The van der Waals surface area contributed by atoms with Crippen LogP contribution in [0.3, 0.4) is 0 Å². The van der Waals surface area contributed by atoms with Gasteiger partial charge >= 0.3 is 0 Å². The summed E-state index contributed by atoms with van der Waals surface area (Å²) in [5, 5.41) is 3.76. The van der Waals surface area contributed by atoms with Gasteiger partial charge in [0.25, 0.3) is 0 Å².